The molecule has 0 radical (unpaired) electrons. The van der Waals surface area contributed by atoms with E-state index in [4.69, 9.17) is 4.74 Å². The number of carbonyl (C=O) groups is 2. The van der Waals surface area contributed by atoms with Gasteiger partial charge in [0.1, 0.15) is 5.75 Å². The van der Waals surface area contributed by atoms with E-state index in [1.54, 1.807) is 12.1 Å². The van der Waals surface area contributed by atoms with Crippen LogP contribution in [0.3, 0.4) is 0 Å². The fourth-order valence-corrected chi connectivity index (χ4v) is 3.48. The van der Waals surface area contributed by atoms with Crippen molar-refractivity contribution in [3.05, 3.63) is 54.1 Å². The molecule has 1 saturated carbocycles. The molecule has 1 aliphatic carbocycles. The highest BCUT2D eigenvalue weighted by molar-refractivity contribution is 5.95. The highest BCUT2D eigenvalue weighted by atomic mass is 16.5. The number of nitrogens with one attached hydrogen (secondary N) is 2. The molecule has 1 aliphatic rings. The molecule has 5 nitrogen and oxygen atoms in total. The van der Waals surface area contributed by atoms with Gasteiger partial charge in [-0.05, 0) is 55.2 Å². The fourth-order valence-electron chi connectivity index (χ4n) is 3.48. The smallest absolute Gasteiger partial charge is 0.262 e. The minimum absolute atomic E-state index is 0.0637. The van der Waals surface area contributed by atoms with Crippen molar-refractivity contribution in [2.75, 3.05) is 17.2 Å². The Morgan fingerprint density at radius 1 is 0.964 bits per heavy atom. The standard InChI is InChI=1S/C23H28N2O3/c1-2-17-8-6-13-21(14-17)28-16-22(26)24-19-11-7-12-20(15-19)25-23(27)18-9-4-3-5-10-18/h6-8,11-15,18H,2-5,9-10,16H2,1H3,(H,24,26)(H,25,27). The van der Waals surface area contributed by atoms with Gasteiger partial charge in [-0.15, -0.1) is 0 Å². The van der Waals surface area contributed by atoms with Crippen LogP contribution in [0.2, 0.25) is 0 Å². The van der Waals surface area contributed by atoms with Crippen molar-refractivity contribution >= 4 is 23.2 Å². The number of amides is 2. The summed E-state index contributed by atoms with van der Waals surface area (Å²) in [6.45, 7) is 2.01. The summed E-state index contributed by atoms with van der Waals surface area (Å²) in [6, 6.07) is 15.0. The van der Waals surface area contributed by atoms with Crippen molar-refractivity contribution < 1.29 is 14.3 Å². The van der Waals surface area contributed by atoms with Crippen LogP contribution in [-0.2, 0) is 16.0 Å². The lowest BCUT2D eigenvalue weighted by molar-refractivity contribution is -0.120. The maximum absolute atomic E-state index is 12.4. The summed E-state index contributed by atoms with van der Waals surface area (Å²) in [5, 5.41) is 5.79. The third-order valence-electron chi connectivity index (χ3n) is 5.07. The highest BCUT2D eigenvalue weighted by Crippen LogP contribution is 2.25. The molecule has 2 amide bonds. The molecule has 3 rings (SSSR count). The van der Waals surface area contributed by atoms with Crippen LogP contribution in [0.25, 0.3) is 0 Å². The summed E-state index contributed by atoms with van der Waals surface area (Å²) in [4.78, 5) is 24.6. The first-order valence-corrected chi connectivity index (χ1v) is 10.1. The zero-order chi connectivity index (χ0) is 19.8. The van der Waals surface area contributed by atoms with Crippen molar-refractivity contribution in [2.24, 2.45) is 5.92 Å². The molecule has 0 bridgehead atoms. The number of ether oxygens (including phenoxy) is 1. The van der Waals surface area contributed by atoms with Crippen molar-refractivity contribution in [2.45, 2.75) is 45.4 Å². The Labute approximate surface area is 166 Å². The lowest BCUT2D eigenvalue weighted by Gasteiger charge is -2.20. The van der Waals surface area contributed by atoms with Gasteiger partial charge in [0.15, 0.2) is 6.61 Å². The summed E-state index contributed by atoms with van der Waals surface area (Å²) < 4.78 is 5.57. The van der Waals surface area contributed by atoms with Crippen LogP contribution >= 0.6 is 0 Å². The average molecular weight is 380 g/mol. The van der Waals surface area contributed by atoms with Crippen LogP contribution in [0.5, 0.6) is 5.75 Å². The molecule has 2 aromatic rings. The number of hydrogen-bond donors (Lipinski definition) is 2. The summed E-state index contributed by atoms with van der Waals surface area (Å²) in [5.74, 6) is 0.613. The monoisotopic (exact) mass is 380 g/mol. The first-order valence-electron chi connectivity index (χ1n) is 10.1. The molecule has 2 N–H and O–H groups in total. The van der Waals surface area contributed by atoms with Gasteiger partial charge in [-0.25, -0.2) is 0 Å². The van der Waals surface area contributed by atoms with E-state index in [0.717, 1.165) is 32.1 Å². The molecule has 5 heteroatoms. The first-order chi connectivity index (χ1) is 13.6. The Morgan fingerprint density at radius 2 is 1.68 bits per heavy atom. The van der Waals surface area contributed by atoms with E-state index in [0.29, 0.717) is 17.1 Å². The summed E-state index contributed by atoms with van der Waals surface area (Å²) in [7, 11) is 0. The Bertz CT molecular complexity index is 813. The normalized spacial score (nSPS) is 14.3. The number of carbonyl (C=O) groups excluding carboxylic acids is 2. The second kappa shape index (κ2) is 9.93. The number of anilines is 2. The summed E-state index contributed by atoms with van der Waals surface area (Å²) >= 11 is 0. The topological polar surface area (TPSA) is 67.4 Å². The summed E-state index contributed by atoms with van der Waals surface area (Å²) in [6.07, 6.45) is 6.29. The van der Waals surface area contributed by atoms with Gasteiger partial charge >= 0.3 is 0 Å². The first kappa shape index (κ1) is 19.9. The average Bonchev–Trinajstić information content (AvgIpc) is 2.73. The maximum Gasteiger partial charge on any atom is 0.262 e. The largest absolute Gasteiger partial charge is 0.484 e. The highest BCUT2D eigenvalue weighted by Gasteiger charge is 2.21. The van der Waals surface area contributed by atoms with Crippen molar-refractivity contribution in [3.8, 4) is 5.75 Å². The summed E-state index contributed by atoms with van der Waals surface area (Å²) in [5.41, 5.74) is 2.50. The quantitative estimate of drug-likeness (QED) is 0.726. The molecule has 0 spiro atoms. The van der Waals surface area contributed by atoms with Crippen molar-refractivity contribution in [1.82, 2.24) is 0 Å². The lowest BCUT2D eigenvalue weighted by Crippen LogP contribution is -2.25. The second-order valence-electron chi connectivity index (χ2n) is 7.24. The molecular formula is C23H28N2O3. The molecule has 0 saturated heterocycles. The zero-order valence-electron chi connectivity index (χ0n) is 16.4. The predicted octanol–water partition coefficient (Wildman–Crippen LogP) is 4.79. The molecule has 0 aliphatic heterocycles. The molecule has 1 fully saturated rings. The van der Waals surface area contributed by atoms with E-state index in [2.05, 4.69) is 17.6 Å². The van der Waals surface area contributed by atoms with Gasteiger partial charge in [0.05, 0.1) is 0 Å². The van der Waals surface area contributed by atoms with Crippen LogP contribution in [0.1, 0.15) is 44.6 Å². The van der Waals surface area contributed by atoms with Gasteiger partial charge in [0.2, 0.25) is 5.91 Å². The Morgan fingerprint density at radius 3 is 2.43 bits per heavy atom. The lowest BCUT2D eigenvalue weighted by atomic mass is 9.88. The number of hydrogen-bond acceptors (Lipinski definition) is 3. The SMILES string of the molecule is CCc1cccc(OCC(=O)Nc2cccc(NC(=O)C3CCCCC3)c2)c1. The van der Waals surface area contributed by atoms with Gasteiger partial charge in [0, 0.05) is 17.3 Å². The van der Waals surface area contributed by atoms with Crippen LogP contribution in [0.15, 0.2) is 48.5 Å². The van der Waals surface area contributed by atoms with Crippen LogP contribution in [-0.4, -0.2) is 18.4 Å². The van der Waals surface area contributed by atoms with E-state index in [1.807, 2.05) is 36.4 Å². The van der Waals surface area contributed by atoms with E-state index >= 15 is 0 Å². The molecule has 0 unspecified atom stereocenters. The van der Waals surface area contributed by atoms with E-state index in [1.165, 1.54) is 12.0 Å². The Hall–Kier alpha value is -2.82. The van der Waals surface area contributed by atoms with Gasteiger partial charge in [-0.1, -0.05) is 44.4 Å². The zero-order valence-corrected chi connectivity index (χ0v) is 16.4. The minimum atomic E-state index is -0.238. The van der Waals surface area contributed by atoms with Crippen LogP contribution < -0.4 is 15.4 Å². The number of rotatable bonds is 7. The predicted molar refractivity (Wildman–Crippen MR) is 112 cm³/mol. The maximum atomic E-state index is 12.4. The van der Waals surface area contributed by atoms with Crippen molar-refractivity contribution in [1.29, 1.82) is 0 Å². The van der Waals surface area contributed by atoms with Crippen LogP contribution in [0.4, 0.5) is 11.4 Å². The third-order valence-corrected chi connectivity index (χ3v) is 5.07. The van der Waals surface area contributed by atoms with E-state index < -0.39 is 0 Å². The fraction of sp³-hybridized carbons (Fsp3) is 0.391. The van der Waals surface area contributed by atoms with Gasteiger partial charge < -0.3 is 15.4 Å². The molecule has 0 heterocycles. The molecular weight excluding hydrogens is 352 g/mol. The van der Waals surface area contributed by atoms with Crippen molar-refractivity contribution in [3.63, 3.8) is 0 Å². The molecule has 2 aromatic carbocycles. The molecule has 0 atom stereocenters. The van der Waals surface area contributed by atoms with Gasteiger partial charge in [-0.2, -0.15) is 0 Å². The Balaban J connectivity index is 1.51. The van der Waals surface area contributed by atoms with E-state index in [9.17, 15) is 9.59 Å². The third kappa shape index (κ3) is 5.84. The van der Waals surface area contributed by atoms with Gasteiger partial charge in [-0.3, -0.25) is 9.59 Å². The molecule has 28 heavy (non-hydrogen) atoms. The molecule has 148 valence electrons. The minimum Gasteiger partial charge on any atom is -0.484 e. The van der Waals surface area contributed by atoms with E-state index in [-0.39, 0.29) is 24.3 Å². The number of aryl methyl sites for hydroxylation is 1. The Kier molecular flexibility index (Phi) is 7.06. The van der Waals surface area contributed by atoms with Crippen LogP contribution in [0, 0.1) is 5.92 Å². The van der Waals surface area contributed by atoms with Gasteiger partial charge in [0.25, 0.3) is 5.91 Å². The molecule has 0 aromatic heterocycles. The second-order valence-corrected chi connectivity index (χ2v) is 7.24. The number of benzene rings is 2.